The van der Waals surface area contributed by atoms with Crippen LogP contribution in [-0.2, 0) is 4.79 Å². The summed E-state index contributed by atoms with van der Waals surface area (Å²) in [5, 5.41) is 8.80. The number of carbonyl (C=O) groups excluding carboxylic acids is 1. The van der Waals surface area contributed by atoms with Gasteiger partial charge in [0.25, 0.3) is 0 Å². The summed E-state index contributed by atoms with van der Waals surface area (Å²) in [4.78, 5) is 11.4. The third kappa shape index (κ3) is 0.972. The first-order valence-corrected chi connectivity index (χ1v) is 4.46. The van der Waals surface area contributed by atoms with E-state index < -0.39 is 0 Å². The maximum Gasteiger partial charge on any atom is 0.158 e. The van der Waals surface area contributed by atoms with Gasteiger partial charge in [-0.2, -0.15) is 5.26 Å². The Morgan fingerprint density at radius 1 is 1.58 bits per heavy atom. The molecule has 0 amide bonds. The number of carbonyl (C=O) groups is 1. The fourth-order valence-electron chi connectivity index (χ4n) is 2.23. The first kappa shape index (κ1) is 7.54. The average molecular weight is 161 g/mol. The van der Waals surface area contributed by atoms with E-state index in [4.69, 9.17) is 5.26 Å². The molecular formula is C10H11NO. The van der Waals surface area contributed by atoms with Gasteiger partial charge in [0.05, 0.1) is 12.0 Å². The lowest BCUT2D eigenvalue weighted by Crippen LogP contribution is -2.20. The fraction of sp³-hybridized carbons (Fsp3) is 0.600. The Kier molecular flexibility index (Phi) is 1.73. The van der Waals surface area contributed by atoms with Gasteiger partial charge in [-0.05, 0) is 24.8 Å². The largest absolute Gasteiger partial charge is 0.295 e. The summed E-state index contributed by atoms with van der Waals surface area (Å²) < 4.78 is 0. The van der Waals surface area contributed by atoms with Gasteiger partial charge in [0.15, 0.2) is 5.78 Å². The molecule has 0 bridgehead atoms. The number of allylic oxidation sites excluding steroid dienone is 2. The molecule has 2 atom stereocenters. The highest BCUT2D eigenvalue weighted by molar-refractivity contribution is 5.97. The molecule has 2 aliphatic carbocycles. The molecule has 2 aliphatic rings. The Hall–Kier alpha value is -1.10. The van der Waals surface area contributed by atoms with Crippen molar-refractivity contribution in [1.29, 1.82) is 5.26 Å². The van der Waals surface area contributed by atoms with Crippen LogP contribution < -0.4 is 0 Å². The molecule has 0 unspecified atom stereocenters. The second-order valence-electron chi connectivity index (χ2n) is 3.55. The minimum atomic E-state index is 0.0873. The second kappa shape index (κ2) is 2.75. The number of fused-ring (bicyclic) bond motifs is 1. The molecule has 2 rings (SSSR count). The number of nitrogens with zero attached hydrogens (tertiary/aromatic N) is 1. The molecule has 1 saturated carbocycles. The van der Waals surface area contributed by atoms with Crippen LogP contribution in [0.2, 0.25) is 0 Å². The first-order chi connectivity index (χ1) is 5.83. The van der Waals surface area contributed by atoms with E-state index in [9.17, 15) is 4.79 Å². The molecule has 0 radical (unpaired) electrons. The molecule has 0 aromatic rings. The molecule has 0 saturated heterocycles. The Morgan fingerprint density at radius 2 is 2.42 bits per heavy atom. The highest BCUT2D eigenvalue weighted by Crippen LogP contribution is 2.39. The highest BCUT2D eigenvalue weighted by atomic mass is 16.1. The SMILES string of the molecule is N#C[C@H]1CC=C2C(=O)CCC[C@@H]21. The number of hydrogen-bond donors (Lipinski definition) is 0. The summed E-state index contributed by atoms with van der Waals surface area (Å²) in [6.45, 7) is 0. The lowest BCUT2D eigenvalue weighted by Gasteiger charge is -2.21. The standard InChI is InChI=1S/C10H11NO/c11-6-7-4-5-9-8(7)2-1-3-10(9)12/h5,7-8H,1-4H2/t7-,8-/m1/s1. The minimum absolute atomic E-state index is 0.0873. The van der Waals surface area contributed by atoms with Gasteiger partial charge in [-0.25, -0.2) is 0 Å². The van der Waals surface area contributed by atoms with Crippen molar-refractivity contribution in [3.8, 4) is 6.07 Å². The van der Waals surface area contributed by atoms with Crippen molar-refractivity contribution in [3.63, 3.8) is 0 Å². The monoisotopic (exact) mass is 161 g/mol. The smallest absolute Gasteiger partial charge is 0.158 e. The summed E-state index contributed by atoms with van der Waals surface area (Å²) in [5.74, 6) is 0.643. The summed E-state index contributed by atoms with van der Waals surface area (Å²) in [6.07, 6.45) is 5.47. The van der Waals surface area contributed by atoms with Crippen LogP contribution in [0.1, 0.15) is 25.7 Å². The van der Waals surface area contributed by atoms with Crippen molar-refractivity contribution in [1.82, 2.24) is 0 Å². The molecule has 2 heteroatoms. The highest BCUT2D eigenvalue weighted by Gasteiger charge is 2.35. The normalized spacial score (nSPS) is 33.9. The van der Waals surface area contributed by atoms with E-state index in [0.29, 0.717) is 6.42 Å². The van der Waals surface area contributed by atoms with Gasteiger partial charge in [-0.3, -0.25) is 4.79 Å². The summed E-state index contributed by atoms with van der Waals surface area (Å²) >= 11 is 0. The van der Waals surface area contributed by atoms with Crippen LogP contribution in [0.25, 0.3) is 0 Å². The molecule has 0 aliphatic heterocycles. The molecule has 2 nitrogen and oxygen atoms in total. The van der Waals surface area contributed by atoms with Crippen molar-refractivity contribution in [3.05, 3.63) is 11.6 Å². The van der Waals surface area contributed by atoms with Gasteiger partial charge in [0, 0.05) is 12.3 Å². The van der Waals surface area contributed by atoms with Crippen molar-refractivity contribution in [2.75, 3.05) is 0 Å². The number of ketones is 1. The van der Waals surface area contributed by atoms with E-state index in [2.05, 4.69) is 6.07 Å². The zero-order chi connectivity index (χ0) is 8.55. The Morgan fingerprint density at radius 3 is 3.17 bits per heavy atom. The number of rotatable bonds is 0. The third-order valence-electron chi connectivity index (χ3n) is 2.88. The van der Waals surface area contributed by atoms with Crippen molar-refractivity contribution in [2.45, 2.75) is 25.7 Å². The van der Waals surface area contributed by atoms with E-state index in [-0.39, 0.29) is 17.6 Å². The Labute approximate surface area is 71.9 Å². The molecule has 62 valence electrons. The van der Waals surface area contributed by atoms with E-state index >= 15 is 0 Å². The fourth-order valence-corrected chi connectivity index (χ4v) is 2.23. The van der Waals surface area contributed by atoms with E-state index in [0.717, 1.165) is 24.8 Å². The van der Waals surface area contributed by atoms with Crippen LogP contribution in [0.5, 0.6) is 0 Å². The molecule has 0 aromatic carbocycles. The van der Waals surface area contributed by atoms with Crippen LogP contribution in [-0.4, -0.2) is 5.78 Å². The summed E-state index contributed by atoms with van der Waals surface area (Å²) in [6, 6.07) is 2.28. The number of Topliss-reactive ketones (excluding diaryl/α,β-unsaturated/α-hetero) is 1. The van der Waals surface area contributed by atoms with Crippen LogP contribution in [0, 0.1) is 23.2 Å². The minimum Gasteiger partial charge on any atom is -0.295 e. The van der Waals surface area contributed by atoms with E-state index in [1.165, 1.54) is 0 Å². The third-order valence-corrected chi connectivity index (χ3v) is 2.88. The van der Waals surface area contributed by atoms with Gasteiger partial charge in [-0.1, -0.05) is 6.08 Å². The lowest BCUT2D eigenvalue weighted by atomic mass is 9.80. The summed E-state index contributed by atoms with van der Waals surface area (Å²) in [5.41, 5.74) is 0.952. The van der Waals surface area contributed by atoms with Crippen LogP contribution in [0.4, 0.5) is 0 Å². The predicted molar refractivity (Wildman–Crippen MR) is 44.2 cm³/mol. The van der Waals surface area contributed by atoms with Gasteiger partial charge < -0.3 is 0 Å². The van der Waals surface area contributed by atoms with Gasteiger partial charge >= 0.3 is 0 Å². The molecule has 0 N–H and O–H groups in total. The zero-order valence-electron chi connectivity index (χ0n) is 6.92. The topological polar surface area (TPSA) is 40.9 Å². The van der Waals surface area contributed by atoms with Gasteiger partial charge in [-0.15, -0.1) is 0 Å². The number of hydrogen-bond acceptors (Lipinski definition) is 2. The van der Waals surface area contributed by atoms with Crippen molar-refractivity contribution in [2.24, 2.45) is 11.8 Å². The van der Waals surface area contributed by atoms with E-state index in [1.54, 1.807) is 0 Å². The number of nitriles is 1. The molecule has 0 heterocycles. The Bertz CT molecular complexity index is 285. The molecular weight excluding hydrogens is 150 g/mol. The predicted octanol–water partition coefficient (Wildman–Crippen LogP) is 1.83. The summed E-state index contributed by atoms with van der Waals surface area (Å²) in [7, 11) is 0. The molecule has 0 aromatic heterocycles. The lowest BCUT2D eigenvalue weighted by molar-refractivity contribution is -0.117. The van der Waals surface area contributed by atoms with E-state index in [1.807, 2.05) is 6.08 Å². The molecule has 0 spiro atoms. The van der Waals surface area contributed by atoms with Crippen molar-refractivity contribution >= 4 is 5.78 Å². The maximum atomic E-state index is 11.4. The first-order valence-electron chi connectivity index (χ1n) is 4.46. The zero-order valence-corrected chi connectivity index (χ0v) is 6.92. The van der Waals surface area contributed by atoms with Gasteiger partial charge in [0.2, 0.25) is 0 Å². The quantitative estimate of drug-likeness (QED) is 0.543. The Balaban J connectivity index is 2.23. The van der Waals surface area contributed by atoms with Crippen LogP contribution in [0.3, 0.4) is 0 Å². The average Bonchev–Trinajstić information content (AvgIpc) is 2.49. The second-order valence-corrected chi connectivity index (χ2v) is 3.55. The molecule has 12 heavy (non-hydrogen) atoms. The molecule has 1 fully saturated rings. The van der Waals surface area contributed by atoms with Gasteiger partial charge in [0.1, 0.15) is 0 Å². The maximum absolute atomic E-state index is 11.4. The van der Waals surface area contributed by atoms with Crippen LogP contribution in [0.15, 0.2) is 11.6 Å². The van der Waals surface area contributed by atoms with Crippen LogP contribution >= 0.6 is 0 Å². The van der Waals surface area contributed by atoms with Crippen molar-refractivity contribution < 1.29 is 4.79 Å².